The van der Waals surface area contributed by atoms with Crippen LogP contribution in [0.15, 0.2) is 12.1 Å². The van der Waals surface area contributed by atoms with Crippen LogP contribution in [0.1, 0.15) is 25.0 Å². The number of nitrogens with zero attached hydrogens (tertiary/aromatic N) is 3. The summed E-state index contributed by atoms with van der Waals surface area (Å²) in [7, 11) is 0. The summed E-state index contributed by atoms with van der Waals surface area (Å²) in [4.78, 5) is 2.39. The molecule has 1 aromatic heterocycles. The number of likely N-dealkylation sites (tertiary alicyclic amines) is 1. The molecule has 0 radical (unpaired) electrons. The van der Waals surface area contributed by atoms with Crippen LogP contribution < -0.4 is 11.5 Å². The predicted octanol–water partition coefficient (Wildman–Crippen LogP) is 0.372. The maximum absolute atomic E-state index is 6.43. The summed E-state index contributed by atoms with van der Waals surface area (Å²) >= 11 is 0. The van der Waals surface area contributed by atoms with E-state index < -0.39 is 0 Å². The van der Waals surface area contributed by atoms with Gasteiger partial charge in [-0.3, -0.25) is 4.90 Å². The second kappa shape index (κ2) is 3.92. The Morgan fingerprint density at radius 2 is 2.29 bits per heavy atom. The average molecular weight is 233 g/mol. The van der Waals surface area contributed by atoms with Gasteiger partial charge in [-0.15, -0.1) is 5.10 Å². The molecular weight excluding hydrogens is 214 g/mol. The van der Waals surface area contributed by atoms with E-state index in [0.29, 0.717) is 11.7 Å². The normalized spacial score (nSPS) is 32.9. The number of fused-ring (bicyclic) bond motifs is 1. The van der Waals surface area contributed by atoms with Crippen molar-refractivity contribution in [3.8, 4) is 0 Å². The second-order valence-electron chi connectivity index (χ2n) is 5.44. The lowest BCUT2D eigenvalue weighted by atomic mass is 9.92. The van der Waals surface area contributed by atoms with Crippen molar-refractivity contribution in [1.82, 2.24) is 15.1 Å². The van der Waals surface area contributed by atoms with Gasteiger partial charge in [0.05, 0.1) is 5.69 Å². The zero-order valence-corrected chi connectivity index (χ0v) is 9.97. The average Bonchev–Trinajstić information content (AvgIpc) is 2.76. The Morgan fingerprint density at radius 1 is 1.41 bits per heavy atom. The van der Waals surface area contributed by atoms with Gasteiger partial charge < -0.3 is 11.5 Å². The lowest BCUT2D eigenvalue weighted by molar-refractivity contribution is 0.291. The Kier molecular flexibility index (Phi) is 2.52. The van der Waals surface area contributed by atoms with Crippen LogP contribution >= 0.6 is 0 Å². The summed E-state index contributed by atoms with van der Waals surface area (Å²) in [5, 5.41) is 7.98. The molecule has 5 heteroatoms. The third-order valence-corrected chi connectivity index (χ3v) is 4.13. The summed E-state index contributed by atoms with van der Waals surface area (Å²) in [6, 6.07) is 3.75. The molecule has 3 rings (SSSR count). The fraction of sp³-hybridized carbons (Fsp3) is 0.667. The van der Waals surface area contributed by atoms with Crippen LogP contribution in [0, 0.1) is 5.92 Å². The van der Waals surface area contributed by atoms with Crippen molar-refractivity contribution in [2.75, 3.05) is 18.8 Å². The molecule has 2 aliphatic rings. The van der Waals surface area contributed by atoms with Gasteiger partial charge in [-0.25, -0.2) is 0 Å². The van der Waals surface area contributed by atoms with Crippen molar-refractivity contribution >= 4 is 5.82 Å². The van der Waals surface area contributed by atoms with Crippen LogP contribution in [0.5, 0.6) is 0 Å². The van der Waals surface area contributed by atoms with Gasteiger partial charge in [0.1, 0.15) is 5.82 Å². The first kappa shape index (κ1) is 10.9. The van der Waals surface area contributed by atoms with Crippen LogP contribution in [-0.2, 0) is 6.54 Å². The lowest BCUT2D eigenvalue weighted by Gasteiger charge is -2.23. The van der Waals surface area contributed by atoms with Crippen LogP contribution in [-0.4, -0.2) is 33.7 Å². The van der Waals surface area contributed by atoms with Gasteiger partial charge in [-0.2, -0.15) is 5.10 Å². The smallest absolute Gasteiger partial charge is 0.146 e. The standard InChI is InChI=1S/C12H19N5/c13-11-4-3-10(15-16-11)7-17-6-9-2-1-5-12(9,14)8-17/h3-4,9H,1-2,5-8,14H2,(H2,13,16). The highest BCUT2D eigenvalue weighted by atomic mass is 15.2. The first-order valence-electron chi connectivity index (χ1n) is 6.25. The summed E-state index contributed by atoms with van der Waals surface area (Å²) in [6.45, 7) is 2.93. The van der Waals surface area contributed by atoms with E-state index in [2.05, 4.69) is 15.1 Å². The highest BCUT2D eigenvalue weighted by Crippen LogP contribution is 2.39. The van der Waals surface area contributed by atoms with E-state index in [1.807, 2.05) is 6.07 Å². The van der Waals surface area contributed by atoms with Crippen molar-refractivity contribution in [3.63, 3.8) is 0 Å². The second-order valence-corrected chi connectivity index (χ2v) is 5.44. The van der Waals surface area contributed by atoms with Crippen molar-refractivity contribution in [2.45, 2.75) is 31.3 Å². The minimum atomic E-state index is 0.0568. The van der Waals surface area contributed by atoms with Crippen molar-refractivity contribution in [2.24, 2.45) is 11.7 Å². The van der Waals surface area contributed by atoms with E-state index in [4.69, 9.17) is 11.5 Å². The molecule has 0 bridgehead atoms. The molecule has 1 aliphatic carbocycles. The van der Waals surface area contributed by atoms with Gasteiger partial charge in [0.2, 0.25) is 0 Å². The molecule has 2 atom stereocenters. The minimum Gasteiger partial charge on any atom is -0.382 e. The number of hydrogen-bond donors (Lipinski definition) is 2. The number of anilines is 1. The third-order valence-electron chi connectivity index (χ3n) is 4.13. The molecule has 1 saturated carbocycles. The van der Waals surface area contributed by atoms with Crippen molar-refractivity contribution in [3.05, 3.63) is 17.8 Å². The molecule has 0 amide bonds. The lowest BCUT2D eigenvalue weighted by Crippen LogP contribution is -2.44. The van der Waals surface area contributed by atoms with E-state index in [9.17, 15) is 0 Å². The van der Waals surface area contributed by atoms with Gasteiger partial charge in [0, 0.05) is 25.2 Å². The molecule has 2 unspecified atom stereocenters. The van der Waals surface area contributed by atoms with Gasteiger partial charge in [-0.1, -0.05) is 6.42 Å². The topological polar surface area (TPSA) is 81.1 Å². The Labute approximate surface area is 101 Å². The summed E-state index contributed by atoms with van der Waals surface area (Å²) in [5.41, 5.74) is 13.0. The van der Waals surface area contributed by atoms with E-state index in [1.54, 1.807) is 6.07 Å². The Balaban J connectivity index is 1.66. The Bertz CT molecular complexity index is 404. The Hall–Kier alpha value is -1.20. The fourth-order valence-corrected chi connectivity index (χ4v) is 3.25. The maximum atomic E-state index is 6.43. The van der Waals surface area contributed by atoms with Gasteiger partial charge >= 0.3 is 0 Å². The number of nitrogens with two attached hydrogens (primary N) is 2. The monoisotopic (exact) mass is 233 g/mol. The van der Waals surface area contributed by atoms with Crippen molar-refractivity contribution < 1.29 is 0 Å². The molecular formula is C12H19N5. The molecule has 5 nitrogen and oxygen atoms in total. The largest absolute Gasteiger partial charge is 0.382 e. The number of hydrogen-bond acceptors (Lipinski definition) is 5. The summed E-state index contributed by atoms with van der Waals surface area (Å²) < 4.78 is 0. The molecule has 1 aromatic rings. The molecule has 1 saturated heterocycles. The van der Waals surface area contributed by atoms with Gasteiger partial charge in [0.25, 0.3) is 0 Å². The highest BCUT2D eigenvalue weighted by Gasteiger charge is 2.46. The molecule has 2 heterocycles. The van der Waals surface area contributed by atoms with Crippen molar-refractivity contribution in [1.29, 1.82) is 0 Å². The van der Waals surface area contributed by atoms with Crippen LogP contribution in [0.2, 0.25) is 0 Å². The zero-order chi connectivity index (χ0) is 11.9. The first-order chi connectivity index (χ1) is 8.16. The highest BCUT2D eigenvalue weighted by molar-refractivity contribution is 5.25. The SMILES string of the molecule is Nc1ccc(CN2CC3CCCC3(N)C2)nn1. The first-order valence-corrected chi connectivity index (χ1v) is 6.25. The summed E-state index contributed by atoms with van der Waals surface area (Å²) in [6.07, 6.45) is 3.73. The van der Waals surface area contributed by atoms with E-state index in [0.717, 1.165) is 25.3 Å². The number of nitrogen functional groups attached to an aromatic ring is 1. The molecule has 0 aromatic carbocycles. The van der Waals surface area contributed by atoms with E-state index in [1.165, 1.54) is 19.3 Å². The van der Waals surface area contributed by atoms with E-state index in [-0.39, 0.29) is 5.54 Å². The minimum absolute atomic E-state index is 0.0568. The molecule has 2 fully saturated rings. The fourth-order valence-electron chi connectivity index (χ4n) is 3.25. The maximum Gasteiger partial charge on any atom is 0.146 e. The number of rotatable bonds is 2. The molecule has 0 spiro atoms. The van der Waals surface area contributed by atoms with E-state index >= 15 is 0 Å². The zero-order valence-electron chi connectivity index (χ0n) is 9.97. The number of aromatic nitrogens is 2. The van der Waals surface area contributed by atoms with Gasteiger partial charge in [-0.05, 0) is 30.9 Å². The third kappa shape index (κ3) is 2.00. The predicted molar refractivity (Wildman–Crippen MR) is 66.0 cm³/mol. The van der Waals surface area contributed by atoms with Crippen LogP contribution in [0.25, 0.3) is 0 Å². The molecule has 1 aliphatic heterocycles. The Morgan fingerprint density at radius 3 is 3.00 bits per heavy atom. The molecule has 92 valence electrons. The van der Waals surface area contributed by atoms with Crippen LogP contribution in [0.4, 0.5) is 5.82 Å². The quantitative estimate of drug-likeness (QED) is 0.771. The van der Waals surface area contributed by atoms with Gasteiger partial charge in [0.15, 0.2) is 0 Å². The molecule has 17 heavy (non-hydrogen) atoms. The summed E-state index contributed by atoms with van der Waals surface area (Å²) in [5.74, 6) is 1.14. The molecule has 4 N–H and O–H groups in total. The van der Waals surface area contributed by atoms with Crippen LogP contribution in [0.3, 0.4) is 0 Å².